The lowest BCUT2D eigenvalue weighted by molar-refractivity contribution is 0.00578. The summed E-state index contributed by atoms with van der Waals surface area (Å²) in [6.07, 6.45) is 3.25. The minimum absolute atomic E-state index is 0.0163. The Morgan fingerprint density at radius 1 is 1.00 bits per heavy atom. The van der Waals surface area contributed by atoms with E-state index in [4.69, 9.17) is 9.31 Å². The fourth-order valence-electron chi connectivity index (χ4n) is 5.41. The van der Waals surface area contributed by atoms with Gasteiger partial charge in [0.15, 0.2) is 11.4 Å². The minimum Gasteiger partial charge on any atom is -0.399 e. The van der Waals surface area contributed by atoms with Crippen LogP contribution in [0.5, 0.6) is 0 Å². The number of hydrogen-bond acceptors (Lipinski definition) is 7. The standard InChI is InChI=1S/C31H34BN3O5S/c1-30(2)31(3,4)40-32(39-30)25-15-26-27(22-11-13-23(14-12-22)28(36)24-17-34(5)18-24)19-35(29(26)33-16-25)41(37,38)20-21-9-7-6-8-10-21/h6-16,19,24H,17-18,20H2,1-5H3. The Hall–Kier alpha value is -3.31. The largest absolute Gasteiger partial charge is 0.496 e. The molecule has 0 spiro atoms. The van der Waals surface area contributed by atoms with Crippen molar-refractivity contribution in [3.8, 4) is 11.1 Å². The summed E-state index contributed by atoms with van der Waals surface area (Å²) >= 11 is 0. The van der Waals surface area contributed by atoms with Crippen LogP contribution in [0.3, 0.4) is 0 Å². The van der Waals surface area contributed by atoms with E-state index in [1.807, 2.05) is 83.3 Å². The van der Waals surface area contributed by atoms with Gasteiger partial charge < -0.3 is 14.2 Å². The summed E-state index contributed by atoms with van der Waals surface area (Å²) < 4.78 is 41.1. The molecule has 212 valence electrons. The summed E-state index contributed by atoms with van der Waals surface area (Å²) in [6.45, 7) is 9.48. The minimum atomic E-state index is -3.80. The Balaban J connectivity index is 1.42. The lowest BCUT2D eigenvalue weighted by Gasteiger charge is -2.34. The fourth-order valence-corrected chi connectivity index (χ4v) is 6.84. The highest BCUT2D eigenvalue weighted by Gasteiger charge is 2.52. The molecular weight excluding hydrogens is 537 g/mol. The molecule has 0 bridgehead atoms. The summed E-state index contributed by atoms with van der Waals surface area (Å²) in [5.41, 5.74) is 2.81. The Morgan fingerprint density at radius 3 is 2.24 bits per heavy atom. The van der Waals surface area contributed by atoms with E-state index in [2.05, 4.69) is 9.88 Å². The van der Waals surface area contributed by atoms with E-state index < -0.39 is 28.3 Å². The highest BCUT2D eigenvalue weighted by atomic mass is 32.2. The van der Waals surface area contributed by atoms with Crippen LogP contribution in [0.15, 0.2) is 73.1 Å². The molecule has 2 aromatic carbocycles. The van der Waals surface area contributed by atoms with Crippen molar-refractivity contribution in [3.63, 3.8) is 0 Å². The van der Waals surface area contributed by atoms with Gasteiger partial charge in [0.1, 0.15) is 0 Å². The normalized spacial score (nSPS) is 19.0. The van der Waals surface area contributed by atoms with Gasteiger partial charge in [-0.1, -0.05) is 54.6 Å². The quantitative estimate of drug-likeness (QED) is 0.244. The second-order valence-corrected chi connectivity index (χ2v) is 14.0. The number of carbonyl (C=O) groups excluding carboxylic acids is 1. The van der Waals surface area contributed by atoms with E-state index in [9.17, 15) is 13.2 Å². The zero-order valence-corrected chi connectivity index (χ0v) is 24.8. The second kappa shape index (κ2) is 9.91. The summed E-state index contributed by atoms with van der Waals surface area (Å²) in [6, 6.07) is 18.4. The molecule has 2 aliphatic rings. The van der Waals surface area contributed by atoms with E-state index in [1.54, 1.807) is 24.5 Å². The molecule has 0 aliphatic carbocycles. The lowest BCUT2D eigenvalue weighted by Crippen LogP contribution is -2.47. The van der Waals surface area contributed by atoms with Gasteiger partial charge in [-0.05, 0) is 51.9 Å². The molecule has 2 fully saturated rings. The molecule has 6 rings (SSSR count). The molecule has 0 amide bonds. The molecule has 41 heavy (non-hydrogen) atoms. The van der Waals surface area contributed by atoms with Crippen molar-refractivity contribution in [2.75, 3.05) is 20.1 Å². The number of ketones is 1. The number of nitrogens with zero attached hydrogens (tertiary/aromatic N) is 3. The van der Waals surface area contributed by atoms with Gasteiger partial charge in [-0.25, -0.2) is 17.4 Å². The fraction of sp³-hybridized carbons (Fsp3) is 0.355. The molecule has 0 unspecified atom stereocenters. The smallest absolute Gasteiger partial charge is 0.399 e. The number of hydrogen-bond donors (Lipinski definition) is 0. The van der Waals surface area contributed by atoms with Gasteiger partial charge in [0, 0.05) is 53.4 Å². The third-order valence-corrected chi connectivity index (χ3v) is 10.1. The molecule has 0 N–H and O–H groups in total. The first-order chi connectivity index (χ1) is 19.3. The predicted octanol–water partition coefficient (Wildman–Crippen LogP) is 4.12. The van der Waals surface area contributed by atoms with Gasteiger partial charge in [-0.15, -0.1) is 0 Å². The zero-order valence-electron chi connectivity index (χ0n) is 24.0. The van der Waals surface area contributed by atoms with Crippen molar-refractivity contribution >= 4 is 39.4 Å². The topological polar surface area (TPSA) is 90.7 Å². The number of Topliss-reactive ketones (excluding diaryl/α,β-unsaturated/α-hetero) is 1. The number of carbonyl (C=O) groups is 1. The maximum atomic E-state index is 13.7. The summed E-state index contributed by atoms with van der Waals surface area (Å²) in [5.74, 6) is -0.0177. The van der Waals surface area contributed by atoms with E-state index in [0.29, 0.717) is 33.2 Å². The number of pyridine rings is 1. The van der Waals surface area contributed by atoms with Crippen LogP contribution >= 0.6 is 0 Å². The molecule has 2 aliphatic heterocycles. The molecule has 8 nitrogen and oxygen atoms in total. The van der Waals surface area contributed by atoms with Crippen molar-refractivity contribution in [3.05, 3.63) is 84.2 Å². The summed E-state index contributed by atoms with van der Waals surface area (Å²) in [4.78, 5) is 19.6. The molecule has 10 heteroatoms. The zero-order chi connectivity index (χ0) is 29.2. The molecule has 0 radical (unpaired) electrons. The van der Waals surface area contributed by atoms with Crippen molar-refractivity contribution in [1.82, 2.24) is 13.9 Å². The van der Waals surface area contributed by atoms with Crippen LogP contribution in [-0.4, -0.2) is 66.5 Å². The number of rotatable bonds is 7. The summed E-state index contributed by atoms with van der Waals surface area (Å²) in [7, 11) is -2.44. The molecular formula is C31H34BN3O5S. The predicted molar refractivity (Wildman–Crippen MR) is 161 cm³/mol. The van der Waals surface area contributed by atoms with Gasteiger partial charge in [-0.3, -0.25) is 4.79 Å². The van der Waals surface area contributed by atoms with Crippen molar-refractivity contribution in [2.24, 2.45) is 5.92 Å². The van der Waals surface area contributed by atoms with Gasteiger partial charge in [0.2, 0.25) is 10.0 Å². The average molecular weight is 572 g/mol. The third-order valence-electron chi connectivity index (χ3n) is 8.57. The molecule has 0 atom stereocenters. The van der Waals surface area contributed by atoms with Gasteiger partial charge in [0.05, 0.1) is 17.0 Å². The first-order valence-corrected chi connectivity index (χ1v) is 15.4. The van der Waals surface area contributed by atoms with Crippen LogP contribution in [0.4, 0.5) is 0 Å². The first-order valence-electron chi connectivity index (χ1n) is 13.8. The lowest BCUT2D eigenvalue weighted by atomic mass is 9.79. The van der Waals surface area contributed by atoms with Crippen molar-refractivity contribution in [2.45, 2.75) is 44.6 Å². The van der Waals surface area contributed by atoms with Crippen LogP contribution in [-0.2, 0) is 25.1 Å². The SMILES string of the molecule is CN1CC(C(=O)c2ccc(-c3cn(S(=O)(=O)Cc4ccccc4)c4ncc(B5OC(C)(C)C(C)(C)O5)cc34)cc2)C1. The van der Waals surface area contributed by atoms with Crippen LogP contribution in [0.1, 0.15) is 43.6 Å². The number of aromatic nitrogens is 2. The molecule has 0 saturated carbocycles. The third kappa shape index (κ3) is 5.03. The molecule has 2 aromatic heterocycles. The van der Waals surface area contributed by atoms with Crippen molar-refractivity contribution < 1.29 is 22.5 Å². The average Bonchev–Trinajstić information content (AvgIpc) is 3.40. The Labute approximate surface area is 241 Å². The van der Waals surface area contributed by atoms with Crippen LogP contribution in [0.25, 0.3) is 22.2 Å². The molecule has 4 aromatic rings. The van der Waals surface area contributed by atoms with Crippen LogP contribution in [0, 0.1) is 5.92 Å². The molecule has 4 heterocycles. The van der Waals surface area contributed by atoms with Gasteiger partial charge in [0.25, 0.3) is 0 Å². The molecule has 2 saturated heterocycles. The van der Waals surface area contributed by atoms with Gasteiger partial charge in [-0.2, -0.15) is 0 Å². The van der Waals surface area contributed by atoms with E-state index in [0.717, 1.165) is 18.7 Å². The highest BCUT2D eigenvalue weighted by molar-refractivity contribution is 7.89. The Bertz CT molecular complexity index is 1710. The van der Waals surface area contributed by atoms with Crippen LogP contribution in [0.2, 0.25) is 0 Å². The first kappa shape index (κ1) is 27.8. The Kier molecular flexibility index (Phi) is 6.73. The number of likely N-dealkylation sites (tertiary alicyclic amines) is 1. The summed E-state index contributed by atoms with van der Waals surface area (Å²) in [5, 5.41) is 0.661. The number of fused-ring (bicyclic) bond motifs is 1. The maximum Gasteiger partial charge on any atom is 0.496 e. The monoisotopic (exact) mass is 571 g/mol. The number of benzene rings is 2. The van der Waals surface area contributed by atoms with E-state index >= 15 is 0 Å². The van der Waals surface area contributed by atoms with Gasteiger partial charge >= 0.3 is 7.12 Å². The van der Waals surface area contributed by atoms with Crippen molar-refractivity contribution in [1.29, 1.82) is 0 Å². The second-order valence-electron chi connectivity index (χ2n) is 12.2. The van der Waals surface area contributed by atoms with E-state index in [-0.39, 0.29) is 17.5 Å². The van der Waals surface area contributed by atoms with Crippen LogP contribution < -0.4 is 5.46 Å². The Morgan fingerprint density at radius 2 is 1.63 bits per heavy atom. The van der Waals surface area contributed by atoms with E-state index in [1.165, 1.54) is 3.97 Å². The highest BCUT2D eigenvalue weighted by Crippen LogP contribution is 2.37. The maximum absolute atomic E-state index is 13.7.